The maximum absolute atomic E-state index is 13.2. The predicted octanol–water partition coefficient (Wildman–Crippen LogP) is 3.47. The summed E-state index contributed by atoms with van der Waals surface area (Å²) in [6, 6.07) is 2.39. The van der Waals surface area contributed by atoms with Crippen LogP contribution in [0.4, 0.5) is 10.6 Å². The molecule has 11 heteroatoms. The maximum atomic E-state index is 13.2. The minimum atomic E-state index is -0.263. The Morgan fingerprint density at radius 1 is 1.17 bits per heavy atom. The van der Waals surface area contributed by atoms with Crippen molar-refractivity contribution in [2.45, 2.75) is 82.5 Å². The lowest BCUT2D eigenvalue weighted by Crippen LogP contribution is -2.57. The number of ether oxygens (including phenoxy) is 1. The highest BCUT2D eigenvalue weighted by molar-refractivity contribution is 6.01. The number of amides is 2. The monoisotopic (exact) mass is 575 g/mol. The van der Waals surface area contributed by atoms with E-state index >= 15 is 0 Å². The van der Waals surface area contributed by atoms with E-state index in [0.29, 0.717) is 32.5 Å². The topological polar surface area (TPSA) is 112 Å². The lowest BCUT2D eigenvalue weighted by molar-refractivity contribution is -0.136. The van der Waals surface area contributed by atoms with E-state index in [1.807, 2.05) is 46.7 Å². The number of nitrogens with one attached hydrogen (secondary N) is 1. The molecule has 2 amide bonds. The highest BCUT2D eigenvalue weighted by Crippen LogP contribution is 2.38. The van der Waals surface area contributed by atoms with E-state index in [1.165, 1.54) is 0 Å². The molecule has 2 aromatic rings. The van der Waals surface area contributed by atoms with E-state index in [2.05, 4.69) is 24.3 Å². The van der Waals surface area contributed by atoms with Crippen LogP contribution in [0.3, 0.4) is 0 Å². The van der Waals surface area contributed by atoms with Crippen LogP contribution in [0.25, 0.3) is 11.2 Å². The summed E-state index contributed by atoms with van der Waals surface area (Å²) in [4.78, 5) is 48.0. The van der Waals surface area contributed by atoms with Crippen LogP contribution in [0.15, 0.2) is 30.5 Å². The summed E-state index contributed by atoms with van der Waals surface area (Å²) in [5.74, 6) is 1.23. The molecule has 0 aromatic carbocycles. The van der Waals surface area contributed by atoms with Crippen LogP contribution in [0.1, 0.15) is 69.5 Å². The molecule has 0 saturated carbocycles. The Morgan fingerprint density at radius 2 is 1.90 bits per heavy atom. The van der Waals surface area contributed by atoms with Crippen LogP contribution in [0, 0.1) is 0 Å². The summed E-state index contributed by atoms with van der Waals surface area (Å²) in [6.45, 7) is 5.85. The van der Waals surface area contributed by atoms with Crippen molar-refractivity contribution in [3.8, 4) is 0 Å². The van der Waals surface area contributed by atoms with Gasteiger partial charge in [0.2, 0.25) is 5.91 Å². The number of rotatable bonds is 8. The number of fused-ring (bicyclic) bond motifs is 3. The molecule has 4 aliphatic rings. The molecular formula is C31H41N7O4. The van der Waals surface area contributed by atoms with Gasteiger partial charge in [0.1, 0.15) is 11.9 Å². The largest absolute Gasteiger partial charge is 0.442 e. The van der Waals surface area contributed by atoms with Crippen LogP contribution in [0.2, 0.25) is 0 Å². The van der Waals surface area contributed by atoms with Gasteiger partial charge in [0.25, 0.3) is 0 Å². The highest BCUT2D eigenvalue weighted by atomic mass is 16.6. The standard InChI is InChI=1S/C31H41N7O4/c1-19(2)26-16-32-38-28(15-27(34-30(26)38)20-7-10-24(39)12-20)33-21-13-22-8-9-23(14-21)37(22)31(41)42-25-17-36(18-25)29(40)6-5-11-35(3)4/h5-6,12,15-16,19,21-23,25,33H,7-11,13-14,17-18H2,1-4H3/b6-5+. The van der Waals surface area contributed by atoms with Crippen molar-refractivity contribution in [1.29, 1.82) is 0 Å². The zero-order valence-electron chi connectivity index (χ0n) is 25.0. The van der Waals surface area contributed by atoms with Gasteiger partial charge in [-0.15, -0.1) is 0 Å². The van der Waals surface area contributed by atoms with Crippen molar-refractivity contribution >= 4 is 34.8 Å². The van der Waals surface area contributed by atoms with Gasteiger partial charge in [-0.05, 0) is 63.8 Å². The fraction of sp³-hybridized carbons (Fsp3) is 0.581. The number of likely N-dealkylation sites (tertiary alicyclic amines) is 1. The molecular weight excluding hydrogens is 534 g/mol. The van der Waals surface area contributed by atoms with Gasteiger partial charge in [0.15, 0.2) is 11.4 Å². The molecule has 0 radical (unpaired) electrons. The molecule has 3 aliphatic heterocycles. The van der Waals surface area contributed by atoms with Crippen molar-refractivity contribution in [1.82, 2.24) is 29.3 Å². The third-order valence-electron chi connectivity index (χ3n) is 8.88. The smallest absolute Gasteiger partial charge is 0.410 e. The zero-order chi connectivity index (χ0) is 29.5. The summed E-state index contributed by atoms with van der Waals surface area (Å²) >= 11 is 0. The first-order chi connectivity index (χ1) is 20.2. The molecule has 0 spiro atoms. The number of hydrogen-bond acceptors (Lipinski definition) is 8. The number of likely N-dealkylation sites (N-methyl/N-ethyl adjacent to an activating group) is 1. The maximum Gasteiger partial charge on any atom is 0.410 e. The SMILES string of the molecule is CC(C)c1cnn2c(NC3CC4CCC(C3)N4C(=O)OC3CN(C(=O)/C=C/CN(C)C)C3)cc(C3=CC(=O)CC3)nc12. The molecule has 11 nitrogen and oxygen atoms in total. The second-order valence-corrected chi connectivity index (χ2v) is 12.7. The Hall–Kier alpha value is -3.73. The van der Waals surface area contributed by atoms with Gasteiger partial charge >= 0.3 is 6.09 Å². The Kier molecular flexibility index (Phi) is 7.78. The molecule has 2 bridgehead atoms. The predicted molar refractivity (Wildman–Crippen MR) is 159 cm³/mol. The molecule has 5 heterocycles. The molecule has 42 heavy (non-hydrogen) atoms. The summed E-state index contributed by atoms with van der Waals surface area (Å²) in [7, 11) is 3.91. The Balaban J connectivity index is 1.10. The quantitative estimate of drug-likeness (QED) is 0.477. The van der Waals surface area contributed by atoms with E-state index in [4.69, 9.17) is 9.72 Å². The van der Waals surface area contributed by atoms with Crippen LogP contribution >= 0.6 is 0 Å². The van der Waals surface area contributed by atoms with Gasteiger partial charge in [0, 0.05) is 48.8 Å². The van der Waals surface area contributed by atoms with Crippen LogP contribution in [-0.2, 0) is 14.3 Å². The number of carbonyl (C=O) groups excluding carboxylic acids is 3. The number of anilines is 1. The van der Waals surface area contributed by atoms with Gasteiger partial charge in [-0.25, -0.2) is 9.78 Å². The van der Waals surface area contributed by atoms with E-state index in [-0.39, 0.29) is 47.9 Å². The fourth-order valence-corrected chi connectivity index (χ4v) is 6.62. The van der Waals surface area contributed by atoms with Crippen molar-refractivity contribution in [2.75, 3.05) is 39.0 Å². The number of carbonyl (C=O) groups is 3. The zero-order valence-corrected chi connectivity index (χ0v) is 25.0. The van der Waals surface area contributed by atoms with Gasteiger partial charge in [-0.2, -0.15) is 9.61 Å². The van der Waals surface area contributed by atoms with Crippen molar-refractivity contribution in [3.05, 3.63) is 41.7 Å². The lowest BCUT2D eigenvalue weighted by atomic mass is 9.97. The molecule has 6 rings (SSSR count). The summed E-state index contributed by atoms with van der Waals surface area (Å²) in [6.07, 6.45) is 11.3. The van der Waals surface area contributed by atoms with E-state index in [0.717, 1.165) is 54.0 Å². The third-order valence-corrected chi connectivity index (χ3v) is 8.88. The minimum absolute atomic E-state index is 0.0435. The van der Waals surface area contributed by atoms with Gasteiger partial charge in [-0.1, -0.05) is 19.9 Å². The number of piperidine rings is 1. The highest BCUT2D eigenvalue weighted by Gasteiger charge is 2.45. The summed E-state index contributed by atoms with van der Waals surface area (Å²) in [5.41, 5.74) is 3.68. The first-order valence-electron chi connectivity index (χ1n) is 15.1. The van der Waals surface area contributed by atoms with Gasteiger partial charge < -0.3 is 24.8 Å². The minimum Gasteiger partial charge on any atom is -0.442 e. The van der Waals surface area contributed by atoms with Gasteiger partial charge in [0.05, 0.1) is 25.0 Å². The fourth-order valence-electron chi connectivity index (χ4n) is 6.62. The van der Waals surface area contributed by atoms with Crippen LogP contribution < -0.4 is 5.32 Å². The first kappa shape index (κ1) is 28.4. The third kappa shape index (κ3) is 5.66. The molecule has 1 aliphatic carbocycles. The molecule has 3 saturated heterocycles. The average Bonchev–Trinajstić information content (AvgIpc) is 3.61. The Morgan fingerprint density at radius 3 is 2.55 bits per heavy atom. The molecule has 1 N–H and O–H groups in total. The number of nitrogens with zero attached hydrogens (tertiary/aromatic N) is 6. The number of ketones is 1. The van der Waals surface area contributed by atoms with E-state index < -0.39 is 0 Å². The second kappa shape index (κ2) is 11.5. The Bertz CT molecular complexity index is 1420. The second-order valence-electron chi connectivity index (χ2n) is 12.7. The number of aromatic nitrogens is 3. The first-order valence-corrected chi connectivity index (χ1v) is 15.1. The number of allylic oxidation sites excluding steroid dienone is 2. The molecule has 3 fully saturated rings. The lowest BCUT2D eigenvalue weighted by Gasteiger charge is -2.42. The van der Waals surface area contributed by atoms with E-state index in [1.54, 1.807) is 17.1 Å². The Labute approximate surface area is 246 Å². The van der Waals surface area contributed by atoms with Crippen LogP contribution in [0.5, 0.6) is 0 Å². The van der Waals surface area contributed by atoms with Crippen molar-refractivity contribution in [3.63, 3.8) is 0 Å². The van der Waals surface area contributed by atoms with Gasteiger partial charge in [-0.3, -0.25) is 9.59 Å². The van der Waals surface area contributed by atoms with Crippen molar-refractivity contribution < 1.29 is 19.1 Å². The number of hydrogen-bond donors (Lipinski definition) is 1. The average molecular weight is 576 g/mol. The molecule has 2 unspecified atom stereocenters. The van der Waals surface area contributed by atoms with Crippen LogP contribution in [-0.4, -0.2) is 105 Å². The van der Waals surface area contributed by atoms with Crippen molar-refractivity contribution in [2.24, 2.45) is 0 Å². The molecule has 2 aromatic heterocycles. The molecule has 224 valence electrons. The normalized spacial score (nSPS) is 24.3. The van der Waals surface area contributed by atoms with E-state index in [9.17, 15) is 14.4 Å². The molecule has 2 atom stereocenters. The summed E-state index contributed by atoms with van der Waals surface area (Å²) < 4.78 is 7.70. The summed E-state index contributed by atoms with van der Waals surface area (Å²) in [5, 5.41) is 8.39.